The van der Waals surface area contributed by atoms with E-state index >= 15 is 0 Å². The summed E-state index contributed by atoms with van der Waals surface area (Å²) in [5.41, 5.74) is 1.89. The summed E-state index contributed by atoms with van der Waals surface area (Å²) in [4.78, 5) is 0. The van der Waals surface area contributed by atoms with Crippen LogP contribution < -0.4 is 4.72 Å². The Morgan fingerprint density at radius 1 is 1.33 bits per heavy atom. The largest absolute Gasteiger partial charge is 0.507 e. The number of aromatic hydroxyl groups is 1. The second-order valence-corrected chi connectivity index (χ2v) is 8.33. The maximum atomic E-state index is 12.7. The minimum atomic E-state index is -4.59. The lowest BCUT2D eigenvalue weighted by molar-refractivity contribution is -0.138. The van der Waals surface area contributed by atoms with Crippen LogP contribution in [0.5, 0.6) is 5.75 Å². The van der Waals surface area contributed by atoms with Crippen LogP contribution in [0.15, 0.2) is 58.9 Å². The van der Waals surface area contributed by atoms with Crippen molar-refractivity contribution < 1.29 is 18.3 Å². The second kappa shape index (κ2) is 8.91. The van der Waals surface area contributed by atoms with Crippen molar-refractivity contribution in [3.8, 4) is 5.75 Å². The van der Waals surface area contributed by atoms with Crippen molar-refractivity contribution in [2.24, 2.45) is 0 Å². The van der Waals surface area contributed by atoms with Gasteiger partial charge in [-0.1, -0.05) is 42.0 Å². The Morgan fingerprint density at radius 3 is 2.59 bits per heavy atom. The number of phenols is 1. The number of hydrogen-bond donors (Lipinski definition) is 2. The van der Waals surface area contributed by atoms with Gasteiger partial charge in [-0.15, -0.1) is 11.3 Å². The van der Waals surface area contributed by atoms with Crippen LogP contribution in [0.1, 0.15) is 25.0 Å². The van der Waals surface area contributed by atoms with E-state index in [1.165, 1.54) is 29.4 Å². The van der Waals surface area contributed by atoms with Gasteiger partial charge in [-0.25, -0.2) is 0 Å². The second-order valence-electron chi connectivity index (χ2n) is 5.57. The number of rotatable bonds is 6. The fourth-order valence-corrected chi connectivity index (χ4v) is 4.42. The van der Waals surface area contributed by atoms with Gasteiger partial charge in [-0.2, -0.15) is 13.2 Å². The molecule has 1 aromatic heterocycles. The third kappa shape index (κ3) is 5.57. The summed E-state index contributed by atoms with van der Waals surface area (Å²) in [6.45, 7) is 7.77. The molecule has 144 valence electrons. The Kier molecular flexibility index (Phi) is 7.08. The number of halogens is 4. The van der Waals surface area contributed by atoms with E-state index in [2.05, 4.69) is 11.3 Å². The van der Waals surface area contributed by atoms with Crippen molar-refractivity contribution in [2.45, 2.75) is 24.2 Å². The molecule has 0 atom stereocenters. The van der Waals surface area contributed by atoms with Crippen molar-refractivity contribution in [3.05, 3.63) is 70.1 Å². The molecule has 0 unspecified atom stereocenters. The van der Waals surface area contributed by atoms with Gasteiger partial charge < -0.3 is 9.83 Å². The van der Waals surface area contributed by atoms with Crippen molar-refractivity contribution in [1.29, 1.82) is 0 Å². The summed E-state index contributed by atoms with van der Waals surface area (Å²) in [6.07, 6.45) is 1.13. The summed E-state index contributed by atoms with van der Waals surface area (Å²) < 4.78 is 42.4. The Bertz CT molecular complexity index is 901. The lowest BCUT2D eigenvalue weighted by Crippen LogP contribution is -2.05. The molecule has 2 N–H and O–H groups in total. The molecule has 0 aliphatic carbocycles. The van der Waals surface area contributed by atoms with Crippen LogP contribution in [0.4, 0.5) is 18.9 Å². The molecule has 1 aromatic carbocycles. The molecule has 0 aliphatic heterocycles. The number of nitrogens with one attached hydrogen (secondary N) is 1. The van der Waals surface area contributed by atoms with E-state index in [0.717, 1.165) is 33.1 Å². The summed E-state index contributed by atoms with van der Waals surface area (Å²) in [7, 11) is 0. The molecule has 1 heterocycles. The molecule has 8 heteroatoms. The molecule has 0 saturated carbocycles. The number of allylic oxidation sites excluding steroid dienone is 5. The highest BCUT2D eigenvalue weighted by molar-refractivity contribution is 8.02. The summed E-state index contributed by atoms with van der Waals surface area (Å²) in [5, 5.41) is 9.58. The number of hydrogen-bond acceptors (Lipinski definition) is 4. The highest BCUT2D eigenvalue weighted by Gasteiger charge is 2.33. The van der Waals surface area contributed by atoms with E-state index in [1.807, 2.05) is 38.1 Å². The van der Waals surface area contributed by atoms with Gasteiger partial charge in [0.2, 0.25) is 0 Å². The Morgan fingerprint density at radius 2 is 2.04 bits per heavy atom. The van der Waals surface area contributed by atoms with E-state index in [9.17, 15) is 18.3 Å². The zero-order valence-corrected chi connectivity index (χ0v) is 16.9. The zero-order chi connectivity index (χ0) is 20.2. The Labute approximate surface area is 169 Å². The molecule has 0 spiro atoms. The molecule has 0 amide bonds. The maximum absolute atomic E-state index is 12.7. The molecule has 0 saturated heterocycles. The predicted molar refractivity (Wildman–Crippen MR) is 110 cm³/mol. The van der Waals surface area contributed by atoms with Gasteiger partial charge in [0.25, 0.3) is 0 Å². The fourth-order valence-electron chi connectivity index (χ4n) is 2.18. The predicted octanol–water partition coefficient (Wildman–Crippen LogP) is 7.78. The third-order valence-corrected chi connectivity index (χ3v) is 5.75. The molecule has 0 aliphatic rings. The van der Waals surface area contributed by atoms with Crippen LogP contribution in [0, 0.1) is 0 Å². The quantitative estimate of drug-likeness (QED) is 0.361. The number of phenolic OH excluding ortho intramolecular Hbond substituents is 1. The molecule has 0 bridgehead atoms. The number of anilines is 1. The average molecular weight is 432 g/mol. The molecule has 27 heavy (non-hydrogen) atoms. The van der Waals surface area contributed by atoms with Gasteiger partial charge in [-0.05, 0) is 49.6 Å². The van der Waals surface area contributed by atoms with Crippen LogP contribution in [0.25, 0.3) is 5.57 Å². The first-order valence-electron chi connectivity index (χ1n) is 7.75. The molecular weight excluding hydrogens is 415 g/mol. The Balaban J connectivity index is 2.18. The van der Waals surface area contributed by atoms with Crippen molar-refractivity contribution in [1.82, 2.24) is 0 Å². The van der Waals surface area contributed by atoms with E-state index in [-0.39, 0.29) is 0 Å². The van der Waals surface area contributed by atoms with Gasteiger partial charge >= 0.3 is 6.18 Å². The van der Waals surface area contributed by atoms with Gasteiger partial charge in [0.1, 0.15) is 10.1 Å². The molecule has 2 nitrogen and oxygen atoms in total. The smallest absolute Gasteiger partial charge is 0.419 e. The molecule has 2 rings (SSSR count). The lowest BCUT2D eigenvalue weighted by Gasteiger charge is -2.10. The van der Waals surface area contributed by atoms with Gasteiger partial charge in [0, 0.05) is 17.3 Å². The molecule has 0 fully saturated rings. The van der Waals surface area contributed by atoms with E-state index < -0.39 is 17.5 Å². The number of thiophene rings is 1. The summed E-state index contributed by atoms with van der Waals surface area (Å²) >= 11 is 8.89. The zero-order valence-electron chi connectivity index (χ0n) is 14.5. The SMILES string of the molecule is C=C(C)/C(=C\C=C/C)c1cc(SNc2ccc(C(F)(F)F)c(O)c2)sc1Cl. The van der Waals surface area contributed by atoms with Crippen molar-refractivity contribution in [3.63, 3.8) is 0 Å². The van der Waals surface area contributed by atoms with Crippen molar-refractivity contribution in [2.75, 3.05) is 4.72 Å². The van der Waals surface area contributed by atoms with Crippen LogP contribution >= 0.6 is 34.9 Å². The summed E-state index contributed by atoms with van der Waals surface area (Å²) in [5.74, 6) is -0.822. The first-order valence-corrected chi connectivity index (χ1v) is 9.76. The Hall–Kier alpha value is -1.83. The molecular formula is C19H17ClF3NOS2. The van der Waals surface area contributed by atoms with E-state index in [4.69, 9.17) is 11.6 Å². The monoisotopic (exact) mass is 431 g/mol. The highest BCUT2D eigenvalue weighted by Crippen LogP contribution is 2.41. The minimum absolute atomic E-state index is 0.348. The normalized spacial score (nSPS) is 12.6. The van der Waals surface area contributed by atoms with Crippen LogP contribution in [0.2, 0.25) is 4.34 Å². The van der Waals surface area contributed by atoms with Crippen LogP contribution in [-0.2, 0) is 6.18 Å². The van der Waals surface area contributed by atoms with Gasteiger partial charge in [0.05, 0.1) is 9.77 Å². The standard InChI is InChI=1S/C19H17ClF3NOS2/c1-4-5-6-13(11(2)3)14-10-17(26-18(14)20)27-24-12-7-8-15(16(25)9-12)19(21,22)23/h4-10,24-25H,2H2,1,3H3/b5-4-,13-6+. The van der Waals surface area contributed by atoms with Gasteiger partial charge in [-0.3, -0.25) is 0 Å². The fraction of sp³-hybridized carbons (Fsp3) is 0.158. The maximum Gasteiger partial charge on any atom is 0.419 e. The molecule has 2 aromatic rings. The lowest BCUT2D eigenvalue weighted by atomic mass is 10.0. The first-order chi connectivity index (χ1) is 12.6. The first kappa shape index (κ1) is 21.5. The third-order valence-electron chi connectivity index (χ3n) is 3.44. The number of alkyl halides is 3. The van der Waals surface area contributed by atoms with Crippen LogP contribution in [-0.4, -0.2) is 5.11 Å². The highest BCUT2D eigenvalue weighted by atomic mass is 35.5. The van der Waals surface area contributed by atoms with Crippen molar-refractivity contribution >= 4 is 46.1 Å². The minimum Gasteiger partial charge on any atom is -0.507 e. The van der Waals surface area contributed by atoms with E-state index in [0.29, 0.717) is 10.0 Å². The topological polar surface area (TPSA) is 32.3 Å². The molecule has 0 radical (unpaired) electrons. The average Bonchev–Trinajstić information content (AvgIpc) is 2.92. The van der Waals surface area contributed by atoms with E-state index in [1.54, 1.807) is 0 Å². The van der Waals surface area contributed by atoms with Crippen LogP contribution in [0.3, 0.4) is 0 Å². The van der Waals surface area contributed by atoms with Gasteiger partial charge in [0.15, 0.2) is 0 Å². The summed E-state index contributed by atoms with van der Waals surface area (Å²) in [6, 6.07) is 5.02. The number of benzene rings is 1.